The predicted octanol–water partition coefficient (Wildman–Crippen LogP) is 6.36. The Bertz CT molecular complexity index is 425. The maximum absolute atomic E-state index is 11.2. The molecule has 154 valence electrons. The van der Waals surface area contributed by atoms with Crippen LogP contribution in [-0.2, 0) is 18.2 Å². The smallest absolute Gasteiger partial charge is 0.321 e. The SMILES string of the molecule is C=CP(=O)(O)OCCCCCCCCCCCCCCOP(=O)(O)C=C. The lowest BCUT2D eigenvalue weighted by Gasteiger charge is -2.07. The molecule has 6 nitrogen and oxygen atoms in total. The number of rotatable bonds is 19. The van der Waals surface area contributed by atoms with Crippen LogP contribution in [0.5, 0.6) is 0 Å². The van der Waals surface area contributed by atoms with E-state index in [2.05, 4.69) is 13.2 Å². The third kappa shape index (κ3) is 17.2. The van der Waals surface area contributed by atoms with E-state index in [1.54, 1.807) is 0 Å². The Morgan fingerprint density at radius 3 is 1.04 bits per heavy atom. The Labute approximate surface area is 158 Å². The van der Waals surface area contributed by atoms with E-state index in [1.165, 1.54) is 38.5 Å². The second kappa shape index (κ2) is 15.8. The van der Waals surface area contributed by atoms with E-state index in [1.807, 2.05) is 0 Å². The van der Waals surface area contributed by atoms with E-state index < -0.39 is 15.2 Å². The average molecular weight is 410 g/mol. The van der Waals surface area contributed by atoms with Gasteiger partial charge in [-0.3, -0.25) is 9.13 Å². The lowest BCUT2D eigenvalue weighted by molar-refractivity contribution is 0.259. The summed E-state index contributed by atoms with van der Waals surface area (Å²) in [5, 5.41) is 0. The highest BCUT2D eigenvalue weighted by atomic mass is 31.2. The Morgan fingerprint density at radius 1 is 0.577 bits per heavy atom. The molecule has 2 N–H and O–H groups in total. The first-order chi connectivity index (χ1) is 12.3. The number of unbranched alkanes of at least 4 members (excludes halogenated alkanes) is 11. The molecule has 0 spiro atoms. The molecule has 0 aromatic carbocycles. The maximum Gasteiger partial charge on any atom is 0.351 e. The molecule has 0 heterocycles. The van der Waals surface area contributed by atoms with Crippen molar-refractivity contribution < 1.29 is 28.0 Å². The molecular weight excluding hydrogens is 374 g/mol. The molecule has 2 unspecified atom stereocenters. The molecule has 0 aliphatic carbocycles. The molecule has 8 heteroatoms. The molecule has 0 rings (SSSR count). The first-order valence-corrected chi connectivity index (χ1v) is 12.8. The molecule has 0 saturated heterocycles. The molecule has 0 saturated carbocycles. The van der Waals surface area contributed by atoms with Crippen LogP contribution in [0.4, 0.5) is 0 Å². The molecule has 0 aromatic rings. The molecule has 0 aliphatic heterocycles. The summed E-state index contributed by atoms with van der Waals surface area (Å²) in [6, 6.07) is 0. The van der Waals surface area contributed by atoms with Crippen LogP contribution < -0.4 is 0 Å². The van der Waals surface area contributed by atoms with Gasteiger partial charge in [0.2, 0.25) is 0 Å². The first-order valence-electron chi connectivity index (χ1n) is 9.54. The number of hydrogen-bond donors (Lipinski definition) is 2. The average Bonchev–Trinajstić information content (AvgIpc) is 2.61. The van der Waals surface area contributed by atoms with Crippen LogP contribution in [0, 0.1) is 0 Å². The lowest BCUT2D eigenvalue weighted by atomic mass is 10.1. The molecular formula is C18H36O6P2. The fourth-order valence-corrected chi connectivity index (χ4v) is 3.46. The van der Waals surface area contributed by atoms with Gasteiger partial charge in [-0.05, 0) is 12.8 Å². The molecule has 0 amide bonds. The quantitative estimate of drug-likeness (QED) is 0.190. The summed E-state index contributed by atoms with van der Waals surface area (Å²) in [6.07, 6.45) is 13.3. The van der Waals surface area contributed by atoms with Crippen molar-refractivity contribution in [1.29, 1.82) is 0 Å². The normalized spacial score (nSPS) is 15.9. The highest BCUT2D eigenvalue weighted by Crippen LogP contribution is 2.43. The van der Waals surface area contributed by atoms with Gasteiger partial charge >= 0.3 is 15.2 Å². The summed E-state index contributed by atoms with van der Waals surface area (Å²) in [5.74, 6) is 1.94. The second-order valence-corrected chi connectivity index (χ2v) is 9.91. The second-order valence-electron chi connectivity index (χ2n) is 6.40. The molecule has 2 atom stereocenters. The summed E-state index contributed by atoms with van der Waals surface area (Å²) in [6.45, 7) is 7.16. The Morgan fingerprint density at radius 2 is 0.808 bits per heavy atom. The number of hydrogen-bond acceptors (Lipinski definition) is 4. The minimum atomic E-state index is -3.54. The van der Waals surface area contributed by atoms with Gasteiger partial charge in [0, 0.05) is 11.6 Å². The van der Waals surface area contributed by atoms with Crippen molar-refractivity contribution in [3.05, 3.63) is 24.8 Å². The summed E-state index contributed by atoms with van der Waals surface area (Å²) in [7, 11) is -7.08. The van der Waals surface area contributed by atoms with Crippen molar-refractivity contribution in [1.82, 2.24) is 0 Å². The topological polar surface area (TPSA) is 93.1 Å². The minimum absolute atomic E-state index is 0.314. The molecule has 0 aromatic heterocycles. The standard InChI is InChI=1S/C18H36O6P2/c1-3-25(19,20)23-17-15-13-11-9-7-5-6-8-10-12-14-16-18-24-26(21,22)4-2/h3-4H,1-2,5-18H2,(H,19,20)(H,21,22). The molecule has 26 heavy (non-hydrogen) atoms. The van der Waals surface area contributed by atoms with Crippen LogP contribution >= 0.6 is 15.2 Å². The van der Waals surface area contributed by atoms with Gasteiger partial charge in [0.25, 0.3) is 0 Å². The van der Waals surface area contributed by atoms with Gasteiger partial charge in [-0.25, -0.2) is 0 Å². The first kappa shape index (κ1) is 25.8. The van der Waals surface area contributed by atoms with E-state index >= 15 is 0 Å². The minimum Gasteiger partial charge on any atom is -0.321 e. The predicted molar refractivity (Wildman–Crippen MR) is 107 cm³/mol. The van der Waals surface area contributed by atoms with Crippen molar-refractivity contribution in [2.75, 3.05) is 13.2 Å². The van der Waals surface area contributed by atoms with E-state index in [4.69, 9.17) is 18.8 Å². The van der Waals surface area contributed by atoms with Crippen molar-refractivity contribution in [2.45, 2.75) is 77.0 Å². The molecule has 0 radical (unpaired) electrons. The summed E-state index contributed by atoms with van der Waals surface area (Å²) in [4.78, 5) is 18.3. The molecule has 0 fully saturated rings. The Kier molecular flexibility index (Phi) is 15.7. The van der Waals surface area contributed by atoms with Gasteiger partial charge in [-0.1, -0.05) is 77.4 Å². The van der Waals surface area contributed by atoms with Gasteiger partial charge < -0.3 is 18.8 Å². The van der Waals surface area contributed by atoms with Gasteiger partial charge in [0.15, 0.2) is 0 Å². The van der Waals surface area contributed by atoms with Crippen LogP contribution in [0.2, 0.25) is 0 Å². The third-order valence-corrected chi connectivity index (χ3v) is 6.08. The van der Waals surface area contributed by atoms with E-state index in [0.717, 1.165) is 50.2 Å². The fourth-order valence-electron chi connectivity index (χ4n) is 2.47. The van der Waals surface area contributed by atoms with Crippen LogP contribution in [0.15, 0.2) is 24.8 Å². The van der Waals surface area contributed by atoms with Crippen LogP contribution in [0.3, 0.4) is 0 Å². The van der Waals surface area contributed by atoms with Gasteiger partial charge in [0.1, 0.15) is 0 Å². The van der Waals surface area contributed by atoms with Crippen LogP contribution in [-0.4, -0.2) is 23.0 Å². The van der Waals surface area contributed by atoms with Crippen molar-refractivity contribution in [2.24, 2.45) is 0 Å². The van der Waals surface area contributed by atoms with Gasteiger partial charge in [0.05, 0.1) is 13.2 Å². The zero-order valence-corrected chi connectivity index (χ0v) is 17.7. The Balaban J connectivity index is 3.20. The zero-order chi connectivity index (χ0) is 19.7. The van der Waals surface area contributed by atoms with Crippen LogP contribution in [0.1, 0.15) is 77.0 Å². The van der Waals surface area contributed by atoms with E-state index in [9.17, 15) is 9.13 Å². The largest absolute Gasteiger partial charge is 0.351 e. The fraction of sp³-hybridized carbons (Fsp3) is 0.778. The lowest BCUT2D eigenvalue weighted by Crippen LogP contribution is -1.91. The van der Waals surface area contributed by atoms with E-state index in [0.29, 0.717) is 13.2 Å². The van der Waals surface area contributed by atoms with Gasteiger partial charge in [-0.15, -0.1) is 0 Å². The summed E-state index contributed by atoms with van der Waals surface area (Å²) >= 11 is 0. The van der Waals surface area contributed by atoms with E-state index in [-0.39, 0.29) is 0 Å². The van der Waals surface area contributed by atoms with Crippen molar-refractivity contribution >= 4 is 15.2 Å². The highest BCUT2D eigenvalue weighted by Gasteiger charge is 2.12. The summed E-state index contributed by atoms with van der Waals surface area (Å²) < 4.78 is 32.0. The molecule has 0 bridgehead atoms. The third-order valence-electron chi connectivity index (χ3n) is 4.05. The zero-order valence-electron chi connectivity index (χ0n) is 15.9. The maximum atomic E-state index is 11.2. The Hall–Kier alpha value is -0.220. The van der Waals surface area contributed by atoms with Crippen LogP contribution in [0.25, 0.3) is 0 Å². The molecule has 0 aliphatic rings. The monoisotopic (exact) mass is 410 g/mol. The highest BCUT2D eigenvalue weighted by molar-refractivity contribution is 7.56. The van der Waals surface area contributed by atoms with Crippen molar-refractivity contribution in [3.63, 3.8) is 0 Å². The van der Waals surface area contributed by atoms with Crippen molar-refractivity contribution in [3.8, 4) is 0 Å². The van der Waals surface area contributed by atoms with Gasteiger partial charge in [-0.2, -0.15) is 0 Å². The summed E-state index contributed by atoms with van der Waals surface area (Å²) in [5.41, 5.74) is 0.